The van der Waals surface area contributed by atoms with Gasteiger partial charge in [-0.3, -0.25) is 14.5 Å². The van der Waals surface area contributed by atoms with Gasteiger partial charge in [0.2, 0.25) is 5.91 Å². The average molecular weight is 384 g/mol. The minimum atomic E-state index is -0.369. The summed E-state index contributed by atoms with van der Waals surface area (Å²) in [5, 5.41) is 0.740. The fourth-order valence-corrected chi connectivity index (χ4v) is 4.18. The minimum Gasteiger partial charge on any atom is -0.368 e. The maximum Gasteiger partial charge on any atom is 0.251 e. The summed E-state index contributed by atoms with van der Waals surface area (Å²) in [7, 11) is 0. The second-order valence-electron chi connectivity index (χ2n) is 7.10. The molecule has 2 aliphatic rings. The lowest BCUT2D eigenvalue weighted by atomic mass is 10.1. The molecule has 2 amide bonds. The van der Waals surface area contributed by atoms with Crippen molar-refractivity contribution in [2.24, 2.45) is 0 Å². The molecule has 2 fully saturated rings. The minimum absolute atomic E-state index is 0.114. The van der Waals surface area contributed by atoms with Gasteiger partial charge < -0.3 is 4.90 Å². The molecule has 27 heavy (non-hydrogen) atoms. The van der Waals surface area contributed by atoms with Crippen molar-refractivity contribution in [2.75, 3.05) is 36.0 Å². The first-order chi connectivity index (χ1) is 13.0. The maximum atomic E-state index is 13.0. The van der Waals surface area contributed by atoms with Gasteiger partial charge in [-0.2, -0.15) is 0 Å². The maximum absolute atomic E-state index is 13.0. The summed E-state index contributed by atoms with van der Waals surface area (Å²) in [5.41, 5.74) is 2.72. The monoisotopic (exact) mass is 383 g/mol. The van der Waals surface area contributed by atoms with Crippen LogP contribution in [0, 0.1) is 6.92 Å². The highest BCUT2D eigenvalue weighted by Gasteiger charge is 2.43. The van der Waals surface area contributed by atoms with Crippen molar-refractivity contribution in [3.8, 4) is 0 Å². The number of para-hydroxylation sites is 1. The zero-order valence-electron chi connectivity index (χ0n) is 15.3. The fourth-order valence-electron chi connectivity index (χ4n) is 3.92. The van der Waals surface area contributed by atoms with Gasteiger partial charge in [0.05, 0.1) is 28.9 Å². The summed E-state index contributed by atoms with van der Waals surface area (Å²) in [5.74, 6) is -0.235. The van der Waals surface area contributed by atoms with Gasteiger partial charge in [-0.05, 0) is 36.8 Å². The predicted octanol–water partition coefficient (Wildman–Crippen LogP) is 3.10. The van der Waals surface area contributed by atoms with Crippen LogP contribution in [-0.4, -0.2) is 48.9 Å². The van der Waals surface area contributed by atoms with Crippen LogP contribution in [0.4, 0.5) is 11.4 Å². The van der Waals surface area contributed by atoms with Crippen LogP contribution in [0.5, 0.6) is 0 Å². The van der Waals surface area contributed by atoms with Crippen LogP contribution in [0.2, 0.25) is 5.02 Å². The van der Waals surface area contributed by atoms with Crippen molar-refractivity contribution in [3.05, 3.63) is 59.1 Å². The number of carbonyl (C=O) groups excluding carboxylic acids is 2. The van der Waals surface area contributed by atoms with Crippen molar-refractivity contribution in [1.29, 1.82) is 0 Å². The molecule has 0 radical (unpaired) electrons. The number of carbonyl (C=O) groups is 2. The van der Waals surface area contributed by atoms with Crippen molar-refractivity contribution >= 4 is 34.8 Å². The Morgan fingerprint density at radius 3 is 2.41 bits per heavy atom. The highest BCUT2D eigenvalue weighted by molar-refractivity contribution is 6.33. The van der Waals surface area contributed by atoms with E-state index in [9.17, 15) is 9.59 Å². The topological polar surface area (TPSA) is 43.9 Å². The zero-order valence-corrected chi connectivity index (χ0v) is 16.0. The van der Waals surface area contributed by atoms with Crippen molar-refractivity contribution in [3.63, 3.8) is 0 Å². The Bertz CT molecular complexity index is 877. The summed E-state index contributed by atoms with van der Waals surface area (Å²) < 4.78 is 0. The van der Waals surface area contributed by atoms with Crippen LogP contribution in [0.15, 0.2) is 48.5 Å². The standard InChI is InChI=1S/C21H22ClN3O2/c1-15-5-4-6-16(13-15)25-20(26)14-19(21(25)27)24-11-9-23(10-12-24)18-8-3-2-7-17(18)22/h2-8,13,19H,9-12,14H2,1H3/t19-/m1/s1. The van der Waals surface area contributed by atoms with E-state index in [0.29, 0.717) is 5.69 Å². The molecule has 0 spiro atoms. The molecule has 0 bridgehead atoms. The number of aryl methyl sites for hydroxylation is 1. The molecule has 2 heterocycles. The number of benzene rings is 2. The van der Waals surface area contributed by atoms with Crippen LogP contribution >= 0.6 is 11.6 Å². The van der Waals surface area contributed by atoms with Gasteiger partial charge in [-0.25, -0.2) is 4.90 Å². The predicted molar refractivity (Wildman–Crippen MR) is 107 cm³/mol. The number of hydrogen-bond donors (Lipinski definition) is 0. The first-order valence-electron chi connectivity index (χ1n) is 9.21. The van der Waals surface area contributed by atoms with Gasteiger partial charge >= 0.3 is 0 Å². The van der Waals surface area contributed by atoms with Gasteiger partial charge in [-0.1, -0.05) is 35.9 Å². The first kappa shape index (κ1) is 18.0. The number of imide groups is 1. The Morgan fingerprint density at radius 1 is 0.963 bits per heavy atom. The molecule has 140 valence electrons. The average Bonchev–Trinajstić information content (AvgIpc) is 2.96. The van der Waals surface area contributed by atoms with E-state index in [0.717, 1.165) is 42.5 Å². The third kappa shape index (κ3) is 3.45. The molecule has 0 aliphatic carbocycles. The van der Waals surface area contributed by atoms with Crippen LogP contribution in [0.1, 0.15) is 12.0 Å². The number of anilines is 2. The lowest BCUT2D eigenvalue weighted by Crippen LogP contribution is -2.52. The number of nitrogens with zero attached hydrogens (tertiary/aromatic N) is 3. The summed E-state index contributed by atoms with van der Waals surface area (Å²) >= 11 is 6.30. The second kappa shape index (κ2) is 7.33. The summed E-state index contributed by atoms with van der Waals surface area (Å²) in [4.78, 5) is 31.2. The van der Waals surface area contributed by atoms with E-state index in [1.807, 2.05) is 55.5 Å². The summed E-state index contributed by atoms with van der Waals surface area (Å²) in [6, 6.07) is 15.0. The Balaban J connectivity index is 1.45. The van der Waals surface area contributed by atoms with E-state index >= 15 is 0 Å². The van der Waals surface area contributed by atoms with E-state index in [4.69, 9.17) is 11.6 Å². The van der Waals surface area contributed by atoms with Crippen LogP contribution in [0.3, 0.4) is 0 Å². The third-order valence-electron chi connectivity index (χ3n) is 5.33. The van der Waals surface area contributed by atoms with Crippen LogP contribution < -0.4 is 9.80 Å². The van der Waals surface area contributed by atoms with Crippen LogP contribution in [-0.2, 0) is 9.59 Å². The molecule has 2 aromatic rings. The molecule has 5 nitrogen and oxygen atoms in total. The molecule has 6 heteroatoms. The van der Waals surface area contributed by atoms with Crippen molar-refractivity contribution in [1.82, 2.24) is 4.90 Å². The zero-order chi connectivity index (χ0) is 19.0. The molecule has 2 aliphatic heterocycles. The van der Waals surface area contributed by atoms with Gasteiger partial charge in [-0.15, -0.1) is 0 Å². The van der Waals surface area contributed by atoms with E-state index in [-0.39, 0.29) is 24.3 Å². The highest BCUT2D eigenvalue weighted by Crippen LogP contribution is 2.29. The number of rotatable bonds is 3. The Labute approximate surface area is 164 Å². The molecular weight excluding hydrogens is 362 g/mol. The lowest BCUT2D eigenvalue weighted by molar-refractivity contribution is -0.123. The molecule has 4 rings (SSSR count). The van der Waals surface area contributed by atoms with Gasteiger partial charge in [0.25, 0.3) is 5.91 Å². The Kier molecular flexibility index (Phi) is 4.89. The smallest absolute Gasteiger partial charge is 0.251 e. The fraction of sp³-hybridized carbons (Fsp3) is 0.333. The molecule has 0 N–H and O–H groups in total. The molecule has 2 aromatic carbocycles. The molecular formula is C21H22ClN3O2. The number of halogens is 1. The summed E-state index contributed by atoms with van der Waals surface area (Å²) in [6.07, 6.45) is 0.249. The van der Waals surface area contributed by atoms with E-state index < -0.39 is 0 Å². The molecule has 0 unspecified atom stereocenters. The molecule has 0 aromatic heterocycles. The van der Waals surface area contributed by atoms with Gasteiger partial charge in [0.1, 0.15) is 0 Å². The highest BCUT2D eigenvalue weighted by atomic mass is 35.5. The second-order valence-corrected chi connectivity index (χ2v) is 7.51. The first-order valence-corrected chi connectivity index (χ1v) is 9.59. The van der Waals surface area contributed by atoms with Crippen molar-refractivity contribution < 1.29 is 9.59 Å². The molecule has 1 atom stereocenters. The number of hydrogen-bond acceptors (Lipinski definition) is 4. The Hall–Kier alpha value is -2.37. The lowest BCUT2D eigenvalue weighted by Gasteiger charge is -2.38. The summed E-state index contributed by atoms with van der Waals surface area (Å²) in [6.45, 7) is 4.99. The Morgan fingerprint density at radius 2 is 1.70 bits per heavy atom. The quantitative estimate of drug-likeness (QED) is 0.764. The van der Waals surface area contributed by atoms with E-state index in [1.54, 1.807) is 0 Å². The van der Waals surface area contributed by atoms with E-state index in [2.05, 4.69) is 9.80 Å². The molecule has 2 saturated heterocycles. The normalized spacial score (nSPS) is 21.2. The number of piperazine rings is 1. The van der Waals surface area contributed by atoms with Crippen molar-refractivity contribution in [2.45, 2.75) is 19.4 Å². The largest absolute Gasteiger partial charge is 0.368 e. The number of amides is 2. The molecule has 0 saturated carbocycles. The van der Waals surface area contributed by atoms with Gasteiger partial charge in [0.15, 0.2) is 0 Å². The van der Waals surface area contributed by atoms with Gasteiger partial charge in [0, 0.05) is 26.2 Å². The third-order valence-corrected chi connectivity index (χ3v) is 5.65. The van der Waals surface area contributed by atoms with Crippen LogP contribution in [0.25, 0.3) is 0 Å². The van der Waals surface area contributed by atoms with E-state index in [1.165, 1.54) is 4.90 Å². The SMILES string of the molecule is Cc1cccc(N2C(=O)C[C@@H](N3CCN(c4ccccc4Cl)CC3)C2=O)c1.